The van der Waals surface area contributed by atoms with E-state index >= 15 is 0 Å². The van der Waals surface area contributed by atoms with E-state index in [-0.39, 0.29) is 11.5 Å². The van der Waals surface area contributed by atoms with Gasteiger partial charge in [0.05, 0.1) is 33.0 Å². The Morgan fingerprint density at radius 1 is 1.05 bits per heavy atom. The molecule has 0 aliphatic rings. The van der Waals surface area contributed by atoms with Crippen molar-refractivity contribution in [2.45, 2.75) is 39.3 Å². The normalized spacial score (nSPS) is 14.5. The smallest absolute Gasteiger partial charge is 0.132 e. The summed E-state index contributed by atoms with van der Waals surface area (Å²) in [4.78, 5) is 0. The number of aliphatic hydroxyl groups is 1. The maximum Gasteiger partial charge on any atom is 0.132 e. The van der Waals surface area contributed by atoms with Crippen molar-refractivity contribution < 1.29 is 19.3 Å². The summed E-state index contributed by atoms with van der Waals surface area (Å²) in [5.41, 5.74) is 6.67. The first-order valence-electron chi connectivity index (χ1n) is 6.98. The molecule has 5 heteroatoms. The predicted octanol–water partition coefficient (Wildman–Crippen LogP) is 2.51. The minimum Gasteiger partial charge on any atom is -0.496 e. The molecule has 0 radical (unpaired) electrons. The fraction of sp³-hybridized carbons (Fsp3) is 0.625. The number of aliphatic hydroxyl groups excluding tert-OH is 1. The second-order valence-electron chi connectivity index (χ2n) is 6.17. The van der Waals surface area contributed by atoms with E-state index < -0.39 is 6.10 Å². The highest BCUT2D eigenvalue weighted by atomic mass is 16.5. The van der Waals surface area contributed by atoms with Crippen LogP contribution in [0, 0.1) is 5.41 Å². The number of hydrogen-bond donors (Lipinski definition) is 2. The molecule has 0 saturated carbocycles. The molecule has 0 unspecified atom stereocenters. The van der Waals surface area contributed by atoms with Gasteiger partial charge in [-0.25, -0.2) is 0 Å². The van der Waals surface area contributed by atoms with Crippen molar-refractivity contribution in [3.63, 3.8) is 0 Å². The lowest BCUT2D eigenvalue weighted by molar-refractivity contribution is 0.127. The molecule has 120 valence electrons. The second-order valence-corrected chi connectivity index (χ2v) is 6.17. The highest BCUT2D eigenvalue weighted by Crippen LogP contribution is 2.40. The largest absolute Gasteiger partial charge is 0.496 e. The Bertz CT molecular complexity index is 443. The minimum absolute atomic E-state index is 0.0894. The fourth-order valence-corrected chi connectivity index (χ4v) is 2.07. The Morgan fingerprint density at radius 3 is 1.86 bits per heavy atom. The first kappa shape index (κ1) is 17.6. The van der Waals surface area contributed by atoms with Gasteiger partial charge in [0, 0.05) is 18.2 Å². The number of hydrogen-bond acceptors (Lipinski definition) is 5. The molecule has 1 aromatic carbocycles. The predicted molar refractivity (Wildman–Crippen MR) is 83.1 cm³/mol. The van der Waals surface area contributed by atoms with Gasteiger partial charge in [0.25, 0.3) is 0 Å². The third-order valence-electron chi connectivity index (χ3n) is 3.68. The van der Waals surface area contributed by atoms with E-state index in [1.165, 1.54) is 0 Å². The Labute approximate surface area is 127 Å². The molecule has 3 N–H and O–H groups in total. The Morgan fingerprint density at radius 2 is 1.52 bits per heavy atom. The third kappa shape index (κ3) is 4.25. The average Bonchev–Trinajstić information content (AvgIpc) is 2.44. The molecule has 5 nitrogen and oxygen atoms in total. The Kier molecular flexibility index (Phi) is 5.87. The molecule has 0 heterocycles. The van der Waals surface area contributed by atoms with Gasteiger partial charge in [-0.2, -0.15) is 0 Å². The molecule has 0 aliphatic carbocycles. The van der Waals surface area contributed by atoms with Crippen molar-refractivity contribution in [2.24, 2.45) is 11.1 Å². The number of methoxy groups -OCH3 is 3. The van der Waals surface area contributed by atoms with Crippen LogP contribution in [0.3, 0.4) is 0 Å². The molecule has 0 saturated heterocycles. The Hall–Kier alpha value is -1.46. The van der Waals surface area contributed by atoms with Gasteiger partial charge in [-0.3, -0.25) is 0 Å². The zero-order valence-corrected chi connectivity index (χ0v) is 13.8. The van der Waals surface area contributed by atoms with Gasteiger partial charge >= 0.3 is 0 Å². The summed E-state index contributed by atoms with van der Waals surface area (Å²) in [5, 5.41) is 10.6. The van der Waals surface area contributed by atoms with Gasteiger partial charge in [-0.15, -0.1) is 0 Å². The van der Waals surface area contributed by atoms with Crippen molar-refractivity contribution in [1.29, 1.82) is 0 Å². The quantitative estimate of drug-likeness (QED) is 0.844. The van der Waals surface area contributed by atoms with Crippen LogP contribution in [0.25, 0.3) is 0 Å². The summed E-state index contributed by atoms with van der Waals surface area (Å²) in [6.07, 6.45) is -0.349. The summed E-state index contributed by atoms with van der Waals surface area (Å²) in [6.45, 7) is 6.15. The van der Waals surface area contributed by atoms with Crippen molar-refractivity contribution in [3.05, 3.63) is 17.7 Å². The monoisotopic (exact) mass is 297 g/mol. The van der Waals surface area contributed by atoms with Crippen molar-refractivity contribution in [2.75, 3.05) is 21.3 Å². The number of benzene rings is 1. The molecule has 0 aromatic heterocycles. The van der Waals surface area contributed by atoms with Crippen LogP contribution >= 0.6 is 0 Å². The highest BCUT2D eigenvalue weighted by Gasteiger charge is 2.27. The first-order valence-corrected chi connectivity index (χ1v) is 6.98. The van der Waals surface area contributed by atoms with Gasteiger partial charge in [-0.05, 0) is 11.8 Å². The lowest BCUT2D eigenvalue weighted by atomic mass is 9.83. The molecule has 0 spiro atoms. The van der Waals surface area contributed by atoms with Crippen LogP contribution in [-0.2, 0) is 0 Å². The van der Waals surface area contributed by atoms with Gasteiger partial charge < -0.3 is 25.1 Å². The standard InChI is InChI=1S/C16H27NO4/c1-16(2,3)14(17)9-11(18)15-12(20-5)7-10(19-4)8-13(15)21-6/h7-8,11,14,18H,9,17H2,1-6H3/t11-,14-/m0/s1. The van der Waals surface area contributed by atoms with Crippen LogP contribution in [0.5, 0.6) is 17.2 Å². The van der Waals surface area contributed by atoms with Crippen molar-refractivity contribution in [1.82, 2.24) is 0 Å². The molecular formula is C16H27NO4. The summed E-state index contributed by atoms with van der Waals surface area (Å²) in [7, 11) is 4.67. The van der Waals surface area contributed by atoms with E-state index in [9.17, 15) is 5.11 Å². The maximum atomic E-state index is 10.6. The number of rotatable bonds is 6. The van der Waals surface area contributed by atoms with Crippen molar-refractivity contribution >= 4 is 0 Å². The summed E-state index contributed by atoms with van der Waals surface area (Å²) in [5.74, 6) is 1.67. The molecule has 1 aromatic rings. The summed E-state index contributed by atoms with van der Waals surface area (Å²) in [6, 6.07) is 3.30. The van der Waals surface area contributed by atoms with Crippen LogP contribution < -0.4 is 19.9 Å². The van der Waals surface area contributed by atoms with E-state index in [0.29, 0.717) is 29.2 Å². The lowest BCUT2D eigenvalue weighted by Gasteiger charge is -2.29. The summed E-state index contributed by atoms with van der Waals surface area (Å²) < 4.78 is 15.9. The Balaban J connectivity index is 3.15. The zero-order chi connectivity index (χ0) is 16.2. The van der Waals surface area contributed by atoms with E-state index in [4.69, 9.17) is 19.9 Å². The van der Waals surface area contributed by atoms with Crippen LogP contribution in [-0.4, -0.2) is 32.5 Å². The molecule has 0 amide bonds. The van der Waals surface area contributed by atoms with Gasteiger partial charge in [0.2, 0.25) is 0 Å². The molecule has 0 aliphatic heterocycles. The van der Waals surface area contributed by atoms with E-state index in [2.05, 4.69) is 0 Å². The van der Waals surface area contributed by atoms with Gasteiger partial charge in [0.1, 0.15) is 17.2 Å². The second kappa shape index (κ2) is 7.00. The summed E-state index contributed by atoms with van der Waals surface area (Å²) >= 11 is 0. The van der Waals surface area contributed by atoms with Gasteiger partial charge in [-0.1, -0.05) is 20.8 Å². The first-order chi connectivity index (χ1) is 9.74. The van der Waals surface area contributed by atoms with Crippen LogP contribution in [0.1, 0.15) is 38.9 Å². The van der Waals surface area contributed by atoms with Crippen molar-refractivity contribution in [3.8, 4) is 17.2 Å². The van der Waals surface area contributed by atoms with E-state index in [1.54, 1.807) is 33.5 Å². The lowest BCUT2D eigenvalue weighted by Crippen LogP contribution is -2.36. The minimum atomic E-state index is -0.768. The van der Waals surface area contributed by atoms with Gasteiger partial charge in [0.15, 0.2) is 0 Å². The highest BCUT2D eigenvalue weighted by molar-refractivity contribution is 5.51. The topological polar surface area (TPSA) is 73.9 Å². The number of nitrogens with two attached hydrogens (primary N) is 1. The molecule has 2 atom stereocenters. The fourth-order valence-electron chi connectivity index (χ4n) is 2.07. The number of ether oxygens (including phenoxy) is 3. The van der Waals surface area contributed by atoms with Crippen LogP contribution in [0.4, 0.5) is 0 Å². The molecule has 0 bridgehead atoms. The SMILES string of the molecule is COc1cc(OC)c([C@@H](O)C[C@H](N)C(C)(C)C)c(OC)c1. The van der Waals surface area contributed by atoms with Crippen LogP contribution in [0.15, 0.2) is 12.1 Å². The zero-order valence-electron chi connectivity index (χ0n) is 13.8. The molecule has 1 rings (SSSR count). The molecular weight excluding hydrogens is 270 g/mol. The van der Waals surface area contributed by atoms with E-state index in [0.717, 1.165) is 0 Å². The molecule has 0 fully saturated rings. The van der Waals surface area contributed by atoms with E-state index in [1.807, 2.05) is 20.8 Å². The third-order valence-corrected chi connectivity index (χ3v) is 3.68. The maximum absolute atomic E-state index is 10.6. The molecule has 21 heavy (non-hydrogen) atoms. The average molecular weight is 297 g/mol. The van der Waals surface area contributed by atoms with Crippen LogP contribution in [0.2, 0.25) is 0 Å².